The molecule has 2 aliphatic rings. The predicted molar refractivity (Wildman–Crippen MR) is 96.6 cm³/mol. The number of nitrogens with zero attached hydrogens (tertiary/aromatic N) is 2. The molecule has 0 aromatic heterocycles. The molecule has 0 aliphatic carbocycles. The summed E-state index contributed by atoms with van der Waals surface area (Å²) < 4.78 is 0. The second-order valence-electron chi connectivity index (χ2n) is 7.10. The standard InChI is InChI=1S/C20H26N2O2/c1-16(11-14-22-12-7-8-13-22)15-18-20(23,19(2,3)24-21-18)17-9-5-4-6-10-17/h4-6,9-11,14-15,23H,7-8,12-13H2,1-3H3/b14-11+,16-15-. The van der Waals surface area contributed by atoms with Crippen LogP contribution in [0.15, 0.2) is 59.4 Å². The lowest BCUT2D eigenvalue weighted by molar-refractivity contribution is -0.106. The second kappa shape index (κ2) is 6.44. The van der Waals surface area contributed by atoms with E-state index in [9.17, 15) is 5.11 Å². The number of aliphatic hydroxyl groups is 1. The molecule has 3 rings (SSSR count). The van der Waals surface area contributed by atoms with Gasteiger partial charge in [0.15, 0.2) is 11.2 Å². The highest BCUT2D eigenvalue weighted by Crippen LogP contribution is 2.42. The molecule has 1 saturated heterocycles. The molecule has 24 heavy (non-hydrogen) atoms. The summed E-state index contributed by atoms with van der Waals surface area (Å²) in [6.07, 6.45) is 8.63. The van der Waals surface area contributed by atoms with E-state index in [4.69, 9.17) is 4.84 Å². The number of allylic oxidation sites excluding steroid dienone is 2. The molecule has 1 fully saturated rings. The van der Waals surface area contributed by atoms with E-state index in [1.165, 1.54) is 12.8 Å². The summed E-state index contributed by atoms with van der Waals surface area (Å²) in [4.78, 5) is 7.88. The average Bonchev–Trinajstić information content (AvgIpc) is 3.17. The third-order valence-corrected chi connectivity index (χ3v) is 4.86. The first-order valence-electron chi connectivity index (χ1n) is 8.58. The Kier molecular flexibility index (Phi) is 4.50. The van der Waals surface area contributed by atoms with E-state index in [-0.39, 0.29) is 0 Å². The summed E-state index contributed by atoms with van der Waals surface area (Å²) in [5.41, 5.74) is 0.285. The van der Waals surface area contributed by atoms with Gasteiger partial charge in [-0.15, -0.1) is 0 Å². The quantitative estimate of drug-likeness (QED) is 0.860. The van der Waals surface area contributed by atoms with Gasteiger partial charge < -0.3 is 14.8 Å². The third-order valence-electron chi connectivity index (χ3n) is 4.86. The fraction of sp³-hybridized carbons (Fsp3) is 0.450. The molecule has 0 spiro atoms. The summed E-state index contributed by atoms with van der Waals surface area (Å²) in [5.74, 6) is 0. The van der Waals surface area contributed by atoms with Crippen LogP contribution in [0.3, 0.4) is 0 Å². The molecule has 0 bridgehead atoms. The Morgan fingerprint density at radius 1 is 1.21 bits per heavy atom. The van der Waals surface area contributed by atoms with E-state index in [2.05, 4.69) is 22.3 Å². The first kappa shape index (κ1) is 16.8. The fourth-order valence-corrected chi connectivity index (χ4v) is 3.29. The number of oxime groups is 1. The van der Waals surface area contributed by atoms with Gasteiger partial charge in [0, 0.05) is 13.1 Å². The van der Waals surface area contributed by atoms with Gasteiger partial charge in [0.05, 0.1) is 0 Å². The van der Waals surface area contributed by atoms with E-state index in [1.807, 2.05) is 57.2 Å². The Morgan fingerprint density at radius 3 is 2.54 bits per heavy atom. The summed E-state index contributed by atoms with van der Waals surface area (Å²) in [7, 11) is 0. The molecule has 0 amide bonds. The van der Waals surface area contributed by atoms with E-state index in [1.54, 1.807) is 0 Å². The molecule has 4 nitrogen and oxygen atoms in total. The zero-order chi connectivity index (χ0) is 17.2. The van der Waals surface area contributed by atoms with E-state index in [0.717, 1.165) is 24.2 Å². The van der Waals surface area contributed by atoms with Gasteiger partial charge in [-0.3, -0.25) is 0 Å². The van der Waals surface area contributed by atoms with Crippen LogP contribution in [0, 0.1) is 0 Å². The van der Waals surface area contributed by atoms with Crippen LogP contribution in [0.5, 0.6) is 0 Å². The molecular formula is C20H26N2O2. The molecule has 1 aromatic rings. The minimum absolute atomic E-state index is 0.544. The maximum absolute atomic E-state index is 11.4. The Labute approximate surface area is 144 Å². The molecule has 128 valence electrons. The largest absolute Gasteiger partial charge is 0.386 e. The average molecular weight is 326 g/mol. The van der Waals surface area contributed by atoms with E-state index >= 15 is 0 Å². The van der Waals surface area contributed by atoms with Crippen LogP contribution < -0.4 is 0 Å². The van der Waals surface area contributed by atoms with Crippen LogP contribution in [-0.2, 0) is 10.4 Å². The van der Waals surface area contributed by atoms with Crippen LogP contribution in [0.1, 0.15) is 39.2 Å². The van der Waals surface area contributed by atoms with Crippen LogP contribution in [0.4, 0.5) is 0 Å². The van der Waals surface area contributed by atoms with E-state index in [0.29, 0.717) is 5.71 Å². The Bertz CT molecular complexity index is 670. The molecule has 1 unspecified atom stereocenters. The van der Waals surface area contributed by atoms with Gasteiger partial charge in [0.2, 0.25) is 0 Å². The molecule has 0 saturated carbocycles. The second-order valence-corrected chi connectivity index (χ2v) is 7.10. The monoisotopic (exact) mass is 326 g/mol. The number of likely N-dealkylation sites (tertiary alicyclic amines) is 1. The molecule has 1 atom stereocenters. The number of hydrogen-bond acceptors (Lipinski definition) is 4. The maximum Gasteiger partial charge on any atom is 0.176 e. The van der Waals surface area contributed by atoms with Crippen molar-refractivity contribution in [1.82, 2.24) is 4.90 Å². The fourth-order valence-electron chi connectivity index (χ4n) is 3.29. The summed E-state index contributed by atoms with van der Waals surface area (Å²) in [6, 6.07) is 9.60. The van der Waals surface area contributed by atoms with Gasteiger partial charge in [-0.05, 0) is 63.1 Å². The van der Waals surface area contributed by atoms with Crippen LogP contribution in [0.2, 0.25) is 0 Å². The van der Waals surface area contributed by atoms with Crippen molar-refractivity contribution in [3.8, 4) is 0 Å². The highest BCUT2D eigenvalue weighted by atomic mass is 16.7. The molecule has 2 aliphatic heterocycles. The van der Waals surface area contributed by atoms with Crippen molar-refractivity contribution in [2.75, 3.05) is 13.1 Å². The van der Waals surface area contributed by atoms with Crippen LogP contribution in [-0.4, -0.2) is 34.4 Å². The van der Waals surface area contributed by atoms with Gasteiger partial charge in [0.25, 0.3) is 0 Å². The first-order valence-corrected chi connectivity index (χ1v) is 8.58. The van der Waals surface area contributed by atoms with Crippen molar-refractivity contribution >= 4 is 5.71 Å². The van der Waals surface area contributed by atoms with Gasteiger partial charge in [-0.25, -0.2) is 0 Å². The molecule has 1 N–H and O–H groups in total. The highest BCUT2D eigenvalue weighted by Gasteiger charge is 2.55. The van der Waals surface area contributed by atoms with Crippen LogP contribution in [0.25, 0.3) is 0 Å². The lowest BCUT2D eigenvalue weighted by Crippen LogP contribution is -2.49. The van der Waals surface area contributed by atoms with Gasteiger partial charge in [-0.1, -0.05) is 35.5 Å². The zero-order valence-corrected chi connectivity index (χ0v) is 14.7. The Hall–Kier alpha value is -2.07. The topological polar surface area (TPSA) is 45.1 Å². The molecular weight excluding hydrogens is 300 g/mol. The molecule has 0 radical (unpaired) electrons. The van der Waals surface area contributed by atoms with Crippen molar-refractivity contribution in [3.05, 3.63) is 59.8 Å². The lowest BCUT2D eigenvalue weighted by Gasteiger charge is -2.34. The Morgan fingerprint density at radius 2 is 1.88 bits per heavy atom. The molecule has 4 heteroatoms. The van der Waals surface area contributed by atoms with Crippen molar-refractivity contribution in [3.63, 3.8) is 0 Å². The normalized spacial score (nSPS) is 26.8. The highest BCUT2D eigenvalue weighted by molar-refractivity contribution is 6.04. The lowest BCUT2D eigenvalue weighted by atomic mass is 9.76. The number of rotatable bonds is 4. The summed E-state index contributed by atoms with van der Waals surface area (Å²) >= 11 is 0. The summed E-state index contributed by atoms with van der Waals surface area (Å²) in [6.45, 7) is 7.98. The first-order chi connectivity index (χ1) is 11.4. The third kappa shape index (κ3) is 2.98. The summed E-state index contributed by atoms with van der Waals surface area (Å²) in [5, 5.41) is 15.6. The van der Waals surface area contributed by atoms with Gasteiger partial charge in [0.1, 0.15) is 5.71 Å². The van der Waals surface area contributed by atoms with Crippen molar-refractivity contribution in [2.24, 2.45) is 5.16 Å². The SMILES string of the molecule is CC(=C/C1=NOC(C)(C)C1(O)c1ccccc1)/C=C/N1CCCC1. The van der Waals surface area contributed by atoms with Gasteiger partial charge >= 0.3 is 0 Å². The smallest absolute Gasteiger partial charge is 0.176 e. The zero-order valence-electron chi connectivity index (χ0n) is 14.7. The van der Waals surface area contributed by atoms with Crippen molar-refractivity contribution < 1.29 is 9.94 Å². The van der Waals surface area contributed by atoms with Crippen molar-refractivity contribution in [1.29, 1.82) is 0 Å². The predicted octanol–water partition coefficient (Wildman–Crippen LogP) is 3.59. The van der Waals surface area contributed by atoms with Gasteiger partial charge in [-0.2, -0.15) is 0 Å². The maximum atomic E-state index is 11.4. The minimum Gasteiger partial charge on any atom is -0.386 e. The Balaban J connectivity index is 1.87. The van der Waals surface area contributed by atoms with E-state index < -0.39 is 11.2 Å². The molecule has 2 heterocycles. The number of hydrogen-bond donors (Lipinski definition) is 1. The van der Waals surface area contributed by atoms with Crippen molar-refractivity contribution in [2.45, 2.75) is 44.8 Å². The minimum atomic E-state index is -1.27. The number of benzene rings is 1. The molecule has 1 aromatic carbocycles. The van der Waals surface area contributed by atoms with Crippen LogP contribution >= 0.6 is 0 Å².